The zero-order valence-corrected chi connectivity index (χ0v) is 32.1. The van der Waals surface area contributed by atoms with Crippen molar-refractivity contribution < 1.29 is 0 Å². The predicted molar refractivity (Wildman–Crippen MR) is 218 cm³/mol. The van der Waals surface area contributed by atoms with E-state index in [1.165, 1.54) is 141 Å². The molecular weight excluding hydrogens is 605 g/mol. The highest BCUT2D eigenvalue weighted by atomic mass is 14.5. The van der Waals surface area contributed by atoms with Crippen molar-refractivity contribution in [2.24, 2.45) is 5.92 Å². The molecule has 2 heteroatoms. The number of anilines is 2. The molecule has 0 heterocycles. The van der Waals surface area contributed by atoms with Gasteiger partial charge in [0.15, 0.2) is 0 Å². The van der Waals surface area contributed by atoms with E-state index in [9.17, 15) is 0 Å². The lowest BCUT2D eigenvalue weighted by molar-refractivity contribution is 0.224. The molecule has 4 aromatic rings. The third-order valence-electron chi connectivity index (χ3n) is 12.1. The lowest BCUT2D eigenvalue weighted by atomic mass is 9.59. The second-order valence-electron chi connectivity index (χ2n) is 15.6. The van der Waals surface area contributed by atoms with E-state index in [1.54, 1.807) is 0 Å². The molecule has 50 heavy (non-hydrogen) atoms. The summed E-state index contributed by atoms with van der Waals surface area (Å²) in [5.41, 5.74) is 25.5. The number of nitrogen functional groups attached to an aromatic ring is 2. The number of unbranched alkanes of at least 4 members (excludes halogenated alkanes) is 4. The molecule has 2 atom stereocenters. The van der Waals surface area contributed by atoms with Gasteiger partial charge in [0.05, 0.1) is 0 Å². The smallest absolute Gasteiger partial charge is 0.0316 e. The molecule has 0 amide bonds. The first-order valence-corrected chi connectivity index (χ1v) is 20.2. The third-order valence-corrected chi connectivity index (χ3v) is 12.1. The van der Waals surface area contributed by atoms with Gasteiger partial charge in [-0.15, -0.1) is 0 Å². The fourth-order valence-corrected chi connectivity index (χ4v) is 9.53. The number of nitrogens with two attached hydrogens (primary N) is 2. The molecule has 2 nitrogen and oxygen atoms in total. The van der Waals surface area contributed by atoms with Gasteiger partial charge in [0, 0.05) is 28.6 Å². The maximum Gasteiger partial charge on any atom is 0.0316 e. The van der Waals surface area contributed by atoms with Gasteiger partial charge in [0.25, 0.3) is 0 Å². The monoisotopic (exact) mass is 671 g/mol. The van der Waals surface area contributed by atoms with Crippen molar-refractivity contribution >= 4 is 11.4 Å². The summed E-state index contributed by atoms with van der Waals surface area (Å²) in [6.45, 7) is 11.5. The zero-order valence-electron chi connectivity index (χ0n) is 32.1. The lowest BCUT2D eigenvalue weighted by Crippen LogP contribution is -2.38. The molecule has 1 fully saturated rings. The van der Waals surface area contributed by atoms with Gasteiger partial charge in [-0.1, -0.05) is 146 Å². The molecule has 0 saturated heterocycles. The van der Waals surface area contributed by atoms with Gasteiger partial charge in [-0.2, -0.15) is 0 Å². The SMILES string of the molecule is CCCCCC(c1ccc(C(CCC)(c2ccc(C(CCCCC)c3ccc(N)cc3C)cc2)C2CCCCC2)cc1)c1ccc(N)cc1C. The van der Waals surface area contributed by atoms with E-state index in [2.05, 4.69) is 120 Å². The van der Waals surface area contributed by atoms with Crippen LogP contribution in [0.5, 0.6) is 0 Å². The first-order chi connectivity index (χ1) is 24.3. The maximum atomic E-state index is 6.20. The molecule has 0 aliphatic heterocycles. The van der Waals surface area contributed by atoms with Crippen LogP contribution in [-0.2, 0) is 5.41 Å². The Morgan fingerprint density at radius 1 is 0.560 bits per heavy atom. The number of rotatable bonds is 17. The Bertz CT molecular complexity index is 1500. The van der Waals surface area contributed by atoms with Gasteiger partial charge in [-0.25, -0.2) is 0 Å². The average molecular weight is 671 g/mol. The van der Waals surface area contributed by atoms with Crippen LogP contribution in [0.3, 0.4) is 0 Å². The van der Waals surface area contributed by atoms with Crippen LogP contribution in [0.15, 0.2) is 84.9 Å². The van der Waals surface area contributed by atoms with Crippen LogP contribution in [0.4, 0.5) is 11.4 Å². The number of hydrogen-bond donors (Lipinski definition) is 2. The molecule has 1 saturated carbocycles. The predicted octanol–water partition coefficient (Wildman–Crippen LogP) is 13.6. The molecule has 1 aliphatic carbocycles. The van der Waals surface area contributed by atoms with Gasteiger partial charge in [-0.3, -0.25) is 0 Å². The van der Waals surface area contributed by atoms with Crippen molar-refractivity contribution in [1.82, 2.24) is 0 Å². The Balaban J connectivity index is 1.56. The Morgan fingerprint density at radius 3 is 1.38 bits per heavy atom. The minimum Gasteiger partial charge on any atom is -0.399 e. The van der Waals surface area contributed by atoms with Crippen LogP contribution in [0.1, 0.15) is 173 Å². The minimum atomic E-state index is 0.0237. The summed E-state index contributed by atoms with van der Waals surface area (Å²) >= 11 is 0. The van der Waals surface area contributed by atoms with Gasteiger partial charge >= 0.3 is 0 Å². The van der Waals surface area contributed by atoms with Gasteiger partial charge < -0.3 is 11.5 Å². The fraction of sp³-hybridized carbons (Fsp3) is 0.500. The van der Waals surface area contributed by atoms with Gasteiger partial charge in [0.1, 0.15) is 0 Å². The quantitative estimate of drug-likeness (QED) is 0.0867. The zero-order chi connectivity index (χ0) is 35.5. The van der Waals surface area contributed by atoms with Crippen LogP contribution >= 0.6 is 0 Å². The lowest BCUT2D eigenvalue weighted by Gasteiger charge is -2.44. The van der Waals surface area contributed by atoms with Crippen LogP contribution < -0.4 is 11.5 Å². The van der Waals surface area contributed by atoms with E-state index in [0.717, 1.165) is 11.4 Å². The molecule has 2 unspecified atom stereocenters. The van der Waals surface area contributed by atoms with Crippen LogP contribution in [0.2, 0.25) is 0 Å². The van der Waals surface area contributed by atoms with E-state index >= 15 is 0 Å². The van der Waals surface area contributed by atoms with E-state index in [1.807, 2.05) is 0 Å². The summed E-state index contributed by atoms with van der Waals surface area (Å²) in [6.07, 6.45) is 18.9. The standard InChI is InChI=1S/C48H66N2/c1-6-9-12-18-46(44-30-28-42(49)33-35(44)4)37-20-24-40(25-21-37)48(32-8-3,39-16-14-11-15-17-39)41-26-22-38(23-27-41)47(19-13-10-7-2)45-31-29-43(50)34-36(45)5/h20-31,33-34,39,46-47H,6-19,32,49-50H2,1-5H3. The maximum absolute atomic E-state index is 6.20. The second kappa shape index (κ2) is 18.1. The Morgan fingerprint density at radius 2 is 1.00 bits per heavy atom. The summed E-state index contributed by atoms with van der Waals surface area (Å²) < 4.78 is 0. The molecule has 268 valence electrons. The Labute approximate surface area is 305 Å². The van der Waals surface area contributed by atoms with Gasteiger partial charge in [0.2, 0.25) is 0 Å². The van der Waals surface area contributed by atoms with Crippen molar-refractivity contribution in [3.8, 4) is 0 Å². The van der Waals surface area contributed by atoms with Crippen molar-refractivity contribution in [2.45, 2.75) is 148 Å². The number of hydrogen-bond acceptors (Lipinski definition) is 2. The largest absolute Gasteiger partial charge is 0.399 e. The average Bonchev–Trinajstić information content (AvgIpc) is 3.13. The second-order valence-corrected chi connectivity index (χ2v) is 15.6. The van der Waals surface area contributed by atoms with Crippen LogP contribution in [0, 0.1) is 19.8 Å². The highest BCUT2D eigenvalue weighted by Crippen LogP contribution is 2.50. The molecule has 4 aromatic carbocycles. The molecule has 1 aliphatic rings. The van der Waals surface area contributed by atoms with Crippen molar-refractivity contribution in [2.75, 3.05) is 11.5 Å². The van der Waals surface area contributed by atoms with E-state index in [4.69, 9.17) is 11.5 Å². The first kappa shape index (κ1) is 37.7. The van der Waals surface area contributed by atoms with E-state index in [-0.39, 0.29) is 5.41 Å². The van der Waals surface area contributed by atoms with Crippen molar-refractivity contribution in [3.05, 3.63) is 129 Å². The summed E-state index contributed by atoms with van der Waals surface area (Å²) in [5, 5.41) is 0. The summed E-state index contributed by atoms with van der Waals surface area (Å²) in [7, 11) is 0. The van der Waals surface area contributed by atoms with E-state index < -0.39 is 0 Å². The van der Waals surface area contributed by atoms with E-state index in [0.29, 0.717) is 17.8 Å². The normalized spacial score (nSPS) is 16.2. The highest BCUT2D eigenvalue weighted by molar-refractivity contribution is 5.51. The minimum absolute atomic E-state index is 0.0237. The van der Waals surface area contributed by atoms with Crippen LogP contribution in [0.25, 0.3) is 0 Å². The molecular formula is C48H66N2. The van der Waals surface area contributed by atoms with Crippen molar-refractivity contribution in [3.63, 3.8) is 0 Å². The van der Waals surface area contributed by atoms with Crippen LogP contribution in [-0.4, -0.2) is 0 Å². The summed E-state index contributed by atoms with van der Waals surface area (Å²) in [4.78, 5) is 0. The number of benzene rings is 4. The third kappa shape index (κ3) is 8.67. The fourth-order valence-electron chi connectivity index (χ4n) is 9.53. The molecule has 5 rings (SSSR count). The molecule has 0 aromatic heterocycles. The first-order valence-electron chi connectivity index (χ1n) is 20.2. The Kier molecular flexibility index (Phi) is 13.7. The molecule has 4 N–H and O–H groups in total. The number of aryl methyl sites for hydroxylation is 2. The topological polar surface area (TPSA) is 52.0 Å². The van der Waals surface area contributed by atoms with Gasteiger partial charge in [-0.05, 0) is 121 Å². The molecule has 0 radical (unpaired) electrons. The van der Waals surface area contributed by atoms with Crippen molar-refractivity contribution in [1.29, 1.82) is 0 Å². The summed E-state index contributed by atoms with van der Waals surface area (Å²) in [6, 6.07) is 33.1. The highest BCUT2D eigenvalue weighted by Gasteiger charge is 2.41. The Hall–Kier alpha value is -3.52. The molecule has 0 bridgehead atoms. The summed E-state index contributed by atoms with van der Waals surface area (Å²) in [5.74, 6) is 1.45. The molecule has 0 spiro atoms.